The first-order chi connectivity index (χ1) is 12.1. The number of carbonyl (C=O) groups excluding carboxylic acids is 1. The predicted octanol–water partition coefficient (Wildman–Crippen LogP) is 4.62. The third-order valence-corrected chi connectivity index (χ3v) is 4.95. The van der Waals surface area contributed by atoms with Gasteiger partial charge in [-0.1, -0.05) is 43.2 Å². The first kappa shape index (κ1) is 19.4. The molecular weight excluding hydrogens is 330 g/mol. The second-order valence-electron chi connectivity index (χ2n) is 6.11. The zero-order valence-electron chi connectivity index (χ0n) is 15.2. The SMILES string of the molecule is CCCc1ccc(OCCNC(=O)[C@@H](C)Sc2ccc(C)cc2)cc1. The highest BCUT2D eigenvalue weighted by Gasteiger charge is 2.13. The Balaban J connectivity index is 1.68. The van der Waals surface area contributed by atoms with Crippen molar-refractivity contribution >= 4 is 17.7 Å². The molecule has 0 fully saturated rings. The molecule has 0 unspecified atom stereocenters. The van der Waals surface area contributed by atoms with Crippen molar-refractivity contribution in [1.29, 1.82) is 0 Å². The van der Waals surface area contributed by atoms with Crippen molar-refractivity contribution in [3.8, 4) is 5.75 Å². The molecule has 25 heavy (non-hydrogen) atoms. The number of hydrogen-bond acceptors (Lipinski definition) is 3. The minimum absolute atomic E-state index is 0.0347. The highest BCUT2D eigenvalue weighted by Crippen LogP contribution is 2.23. The van der Waals surface area contributed by atoms with E-state index in [4.69, 9.17) is 4.74 Å². The molecule has 2 aromatic rings. The van der Waals surface area contributed by atoms with Crippen LogP contribution in [0.3, 0.4) is 0 Å². The molecule has 0 radical (unpaired) electrons. The maximum absolute atomic E-state index is 12.2. The standard InChI is InChI=1S/C21H27NO2S/c1-4-5-18-8-10-19(11-9-18)24-15-14-22-21(23)17(3)25-20-12-6-16(2)7-13-20/h6-13,17H,4-5,14-15H2,1-3H3,(H,22,23)/t17-/m1/s1. The first-order valence-electron chi connectivity index (χ1n) is 8.81. The summed E-state index contributed by atoms with van der Waals surface area (Å²) in [7, 11) is 0. The fourth-order valence-corrected chi connectivity index (χ4v) is 3.29. The van der Waals surface area contributed by atoms with Crippen LogP contribution in [0.5, 0.6) is 5.75 Å². The molecule has 0 heterocycles. The van der Waals surface area contributed by atoms with Gasteiger partial charge in [-0.15, -0.1) is 11.8 Å². The maximum Gasteiger partial charge on any atom is 0.233 e. The molecule has 134 valence electrons. The van der Waals surface area contributed by atoms with Crippen LogP contribution in [0.2, 0.25) is 0 Å². The Labute approximate surface area is 155 Å². The lowest BCUT2D eigenvalue weighted by molar-refractivity contribution is -0.120. The summed E-state index contributed by atoms with van der Waals surface area (Å²) >= 11 is 1.57. The van der Waals surface area contributed by atoms with Crippen LogP contribution in [0.25, 0.3) is 0 Å². The van der Waals surface area contributed by atoms with Crippen LogP contribution in [0.1, 0.15) is 31.4 Å². The molecule has 2 rings (SSSR count). The van der Waals surface area contributed by atoms with E-state index in [1.54, 1.807) is 11.8 Å². The van der Waals surface area contributed by atoms with E-state index in [1.165, 1.54) is 11.1 Å². The van der Waals surface area contributed by atoms with Crippen molar-refractivity contribution in [2.45, 2.75) is 43.8 Å². The summed E-state index contributed by atoms with van der Waals surface area (Å²) in [6, 6.07) is 16.4. The molecule has 0 saturated heterocycles. The van der Waals surface area contributed by atoms with E-state index in [0.717, 1.165) is 23.5 Å². The van der Waals surface area contributed by atoms with Gasteiger partial charge in [0.2, 0.25) is 5.91 Å². The first-order valence-corrected chi connectivity index (χ1v) is 9.69. The van der Waals surface area contributed by atoms with Crippen molar-refractivity contribution in [3.63, 3.8) is 0 Å². The fourth-order valence-electron chi connectivity index (χ4n) is 2.40. The number of nitrogens with one attached hydrogen (secondary N) is 1. The van der Waals surface area contributed by atoms with Gasteiger partial charge in [0.25, 0.3) is 0 Å². The smallest absolute Gasteiger partial charge is 0.233 e. The Morgan fingerprint density at radius 3 is 2.44 bits per heavy atom. The monoisotopic (exact) mass is 357 g/mol. The minimum Gasteiger partial charge on any atom is -0.492 e. The van der Waals surface area contributed by atoms with Crippen LogP contribution >= 0.6 is 11.8 Å². The van der Waals surface area contributed by atoms with Crippen LogP contribution in [0, 0.1) is 6.92 Å². The highest BCUT2D eigenvalue weighted by atomic mass is 32.2. The fraction of sp³-hybridized carbons (Fsp3) is 0.381. The van der Waals surface area contributed by atoms with E-state index in [2.05, 4.69) is 55.6 Å². The Morgan fingerprint density at radius 2 is 1.80 bits per heavy atom. The maximum atomic E-state index is 12.2. The summed E-state index contributed by atoms with van der Waals surface area (Å²) in [6.45, 7) is 7.13. The van der Waals surface area contributed by atoms with E-state index >= 15 is 0 Å². The van der Waals surface area contributed by atoms with Gasteiger partial charge in [0.15, 0.2) is 0 Å². The lowest BCUT2D eigenvalue weighted by Crippen LogP contribution is -2.33. The number of carbonyl (C=O) groups is 1. The molecule has 0 bridgehead atoms. The molecular formula is C21H27NO2S. The van der Waals surface area contributed by atoms with Crippen LogP contribution < -0.4 is 10.1 Å². The lowest BCUT2D eigenvalue weighted by Gasteiger charge is -2.13. The van der Waals surface area contributed by atoms with Crippen LogP contribution in [0.4, 0.5) is 0 Å². The average Bonchev–Trinajstić information content (AvgIpc) is 2.62. The Hall–Kier alpha value is -1.94. The van der Waals surface area contributed by atoms with Crippen LogP contribution in [-0.2, 0) is 11.2 Å². The number of thioether (sulfide) groups is 1. The zero-order chi connectivity index (χ0) is 18.1. The largest absolute Gasteiger partial charge is 0.492 e. The quantitative estimate of drug-likeness (QED) is 0.525. The van der Waals surface area contributed by atoms with Gasteiger partial charge in [-0.25, -0.2) is 0 Å². The predicted molar refractivity (Wildman–Crippen MR) is 105 cm³/mol. The highest BCUT2D eigenvalue weighted by molar-refractivity contribution is 8.00. The van der Waals surface area contributed by atoms with Crippen LogP contribution in [-0.4, -0.2) is 24.3 Å². The molecule has 0 aliphatic rings. The van der Waals surface area contributed by atoms with Crippen molar-refractivity contribution in [2.24, 2.45) is 0 Å². The van der Waals surface area contributed by atoms with Crippen molar-refractivity contribution in [1.82, 2.24) is 5.32 Å². The van der Waals surface area contributed by atoms with Crippen molar-refractivity contribution in [3.05, 3.63) is 59.7 Å². The Kier molecular flexibility index (Phi) is 7.86. The molecule has 0 saturated carbocycles. The molecule has 0 aromatic heterocycles. The lowest BCUT2D eigenvalue weighted by atomic mass is 10.1. The van der Waals surface area contributed by atoms with Gasteiger partial charge in [-0.3, -0.25) is 4.79 Å². The summed E-state index contributed by atoms with van der Waals surface area (Å²) in [5, 5.41) is 2.80. The number of hydrogen-bond donors (Lipinski definition) is 1. The second kappa shape index (κ2) is 10.1. The summed E-state index contributed by atoms with van der Waals surface area (Å²) in [6.07, 6.45) is 2.23. The van der Waals surface area contributed by atoms with E-state index in [0.29, 0.717) is 13.2 Å². The number of aryl methyl sites for hydroxylation is 2. The number of rotatable bonds is 9. The van der Waals surface area contributed by atoms with Gasteiger partial charge in [0.05, 0.1) is 11.8 Å². The van der Waals surface area contributed by atoms with Crippen molar-refractivity contribution < 1.29 is 9.53 Å². The van der Waals surface area contributed by atoms with Crippen molar-refractivity contribution in [2.75, 3.05) is 13.2 Å². The minimum atomic E-state index is -0.129. The van der Waals surface area contributed by atoms with Gasteiger partial charge in [0, 0.05) is 4.90 Å². The summed E-state index contributed by atoms with van der Waals surface area (Å²) in [4.78, 5) is 13.3. The number of ether oxygens (including phenoxy) is 1. The van der Waals surface area contributed by atoms with E-state index in [1.807, 2.05) is 19.1 Å². The molecule has 2 aromatic carbocycles. The topological polar surface area (TPSA) is 38.3 Å². The molecule has 3 nitrogen and oxygen atoms in total. The van der Waals surface area contributed by atoms with Gasteiger partial charge in [0.1, 0.15) is 12.4 Å². The molecule has 1 N–H and O–H groups in total. The van der Waals surface area contributed by atoms with Gasteiger partial charge in [-0.2, -0.15) is 0 Å². The normalized spacial score (nSPS) is 11.8. The third-order valence-electron chi connectivity index (χ3n) is 3.84. The molecule has 0 aliphatic carbocycles. The molecule has 4 heteroatoms. The second-order valence-corrected chi connectivity index (χ2v) is 7.52. The Morgan fingerprint density at radius 1 is 1.12 bits per heavy atom. The van der Waals surface area contributed by atoms with E-state index < -0.39 is 0 Å². The van der Waals surface area contributed by atoms with Gasteiger partial charge < -0.3 is 10.1 Å². The number of benzene rings is 2. The molecule has 0 spiro atoms. The summed E-state index contributed by atoms with van der Waals surface area (Å²) < 4.78 is 5.68. The molecule has 1 atom stereocenters. The molecule has 1 amide bonds. The summed E-state index contributed by atoms with van der Waals surface area (Å²) in [5.41, 5.74) is 2.55. The van der Waals surface area contributed by atoms with Gasteiger partial charge >= 0.3 is 0 Å². The third kappa shape index (κ3) is 6.83. The summed E-state index contributed by atoms with van der Waals surface area (Å²) in [5.74, 6) is 0.878. The van der Waals surface area contributed by atoms with Crippen LogP contribution in [0.15, 0.2) is 53.4 Å². The average molecular weight is 358 g/mol. The number of amides is 1. The van der Waals surface area contributed by atoms with Gasteiger partial charge in [-0.05, 0) is 50.1 Å². The zero-order valence-corrected chi connectivity index (χ0v) is 16.1. The molecule has 0 aliphatic heterocycles. The Bertz CT molecular complexity index is 653. The van der Waals surface area contributed by atoms with E-state index in [9.17, 15) is 4.79 Å². The van der Waals surface area contributed by atoms with E-state index in [-0.39, 0.29) is 11.2 Å².